The standard InChI is InChI=1S/C26H21ClFNO4/c1-3-33-21-12-9-17(13-15(21)2)24(30)22-23(16-7-10-19(28)11-8-16)29(26(32)25(22)31)20-6-4-5-18(27)14-20/h4-14,23,30H,3H2,1-2H3/b24-22+. The van der Waals surface area contributed by atoms with Crippen molar-refractivity contribution in [2.45, 2.75) is 19.9 Å². The number of ketones is 1. The molecule has 1 amide bonds. The molecule has 0 bridgehead atoms. The van der Waals surface area contributed by atoms with E-state index in [9.17, 15) is 19.1 Å². The molecule has 5 nitrogen and oxygen atoms in total. The van der Waals surface area contributed by atoms with Gasteiger partial charge in [0.1, 0.15) is 17.3 Å². The number of benzene rings is 3. The largest absolute Gasteiger partial charge is 0.507 e. The first-order valence-corrected chi connectivity index (χ1v) is 10.8. The highest BCUT2D eigenvalue weighted by molar-refractivity contribution is 6.51. The lowest BCUT2D eigenvalue weighted by atomic mass is 9.94. The zero-order valence-corrected chi connectivity index (χ0v) is 18.8. The molecule has 4 rings (SSSR count). The maximum absolute atomic E-state index is 13.6. The highest BCUT2D eigenvalue weighted by Crippen LogP contribution is 2.42. The molecule has 1 aliphatic heterocycles. The van der Waals surface area contributed by atoms with Crippen molar-refractivity contribution in [3.8, 4) is 5.75 Å². The Morgan fingerprint density at radius 1 is 1.09 bits per heavy atom. The molecule has 3 aromatic carbocycles. The molecule has 0 radical (unpaired) electrons. The Morgan fingerprint density at radius 2 is 1.82 bits per heavy atom. The molecule has 1 saturated heterocycles. The van der Waals surface area contributed by atoms with Crippen LogP contribution < -0.4 is 9.64 Å². The van der Waals surface area contributed by atoms with E-state index in [1.54, 1.807) is 42.5 Å². The zero-order valence-electron chi connectivity index (χ0n) is 18.0. The summed E-state index contributed by atoms with van der Waals surface area (Å²) in [4.78, 5) is 27.5. The minimum Gasteiger partial charge on any atom is -0.507 e. The molecule has 33 heavy (non-hydrogen) atoms. The Hall–Kier alpha value is -3.64. The van der Waals surface area contributed by atoms with E-state index in [0.717, 1.165) is 5.56 Å². The topological polar surface area (TPSA) is 66.8 Å². The number of carbonyl (C=O) groups is 2. The van der Waals surface area contributed by atoms with Crippen LogP contribution in [0, 0.1) is 12.7 Å². The van der Waals surface area contributed by atoms with Crippen LogP contribution in [0.15, 0.2) is 72.3 Å². The summed E-state index contributed by atoms with van der Waals surface area (Å²) in [6.45, 7) is 4.18. The molecule has 0 aliphatic carbocycles. The summed E-state index contributed by atoms with van der Waals surface area (Å²) >= 11 is 6.13. The highest BCUT2D eigenvalue weighted by atomic mass is 35.5. The average Bonchev–Trinajstić information content (AvgIpc) is 3.06. The number of ether oxygens (including phenoxy) is 1. The third kappa shape index (κ3) is 4.22. The van der Waals surface area contributed by atoms with Gasteiger partial charge >= 0.3 is 0 Å². The number of anilines is 1. The molecule has 1 fully saturated rings. The Labute approximate surface area is 195 Å². The number of aryl methyl sites for hydroxylation is 1. The van der Waals surface area contributed by atoms with Crippen LogP contribution >= 0.6 is 11.6 Å². The van der Waals surface area contributed by atoms with E-state index in [0.29, 0.717) is 34.2 Å². The molecule has 0 saturated carbocycles. The number of carbonyl (C=O) groups excluding carboxylic acids is 2. The van der Waals surface area contributed by atoms with Crippen molar-refractivity contribution in [2.24, 2.45) is 0 Å². The van der Waals surface area contributed by atoms with Gasteiger partial charge in [0.05, 0.1) is 18.2 Å². The van der Waals surface area contributed by atoms with Gasteiger partial charge in [0.25, 0.3) is 11.7 Å². The Kier molecular flexibility index (Phi) is 6.20. The van der Waals surface area contributed by atoms with Crippen molar-refractivity contribution in [2.75, 3.05) is 11.5 Å². The molecule has 0 spiro atoms. The fourth-order valence-electron chi connectivity index (χ4n) is 3.95. The third-order valence-electron chi connectivity index (χ3n) is 5.46. The molecule has 7 heteroatoms. The van der Waals surface area contributed by atoms with Crippen molar-refractivity contribution >= 4 is 34.7 Å². The van der Waals surface area contributed by atoms with Gasteiger partial charge in [-0.2, -0.15) is 0 Å². The van der Waals surface area contributed by atoms with E-state index in [4.69, 9.17) is 16.3 Å². The normalized spacial score (nSPS) is 17.5. The second-order valence-corrected chi connectivity index (χ2v) is 8.05. The molecule has 1 aliphatic rings. The van der Waals surface area contributed by atoms with Crippen LogP contribution in [0.25, 0.3) is 5.76 Å². The Morgan fingerprint density at radius 3 is 2.45 bits per heavy atom. The molecule has 0 aromatic heterocycles. The number of aliphatic hydroxyl groups is 1. The minimum absolute atomic E-state index is 0.0878. The first kappa shape index (κ1) is 22.6. The van der Waals surface area contributed by atoms with Crippen LogP contribution in [-0.2, 0) is 9.59 Å². The predicted octanol–water partition coefficient (Wildman–Crippen LogP) is 5.81. The van der Waals surface area contributed by atoms with Crippen LogP contribution in [0.5, 0.6) is 5.75 Å². The second-order valence-electron chi connectivity index (χ2n) is 7.61. The van der Waals surface area contributed by atoms with Gasteiger partial charge in [0, 0.05) is 16.3 Å². The van der Waals surface area contributed by atoms with E-state index < -0.39 is 23.5 Å². The summed E-state index contributed by atoms with van der Waals surface area (Å²) in [6, 6.07) is 16.0. The molecule has 1 atom stereocenters. The quantitative estimate of drug-likeness (QED) is 0.293. The summed E-state index contributed by atoms with van der Waals surface area (Å²) in [6.07, 6.45) is 0. The fourth-order valence-corrected chi connectivity index (χ4v) is 4.14. The lowest BCUT2D eigenvalue weighted by Crippen LogP contribution is -2.29. The SMILES string of the molecule is CCOc1ccc(/C(O)=C2\C(=O)C(=O)N(c3cccc(Cl)c3)C2c2ccc(F)cc2)cc1C. The maximum atomic E-state index is 13.6. The number of hydrogen-bond acceptors (Lipinski definition) is 4. The van der Waals surface area contributed by atoms with Gasteiger partial charge in [-0.15, -0.1) is 0 Å². The van der Waals surface area contributed by atoms with E-state index in [1.807, 2.05) is 13.8 Å². The summed E-state index contributed by atoms with van der Waals surface area (Å²) in [7, 11) is 0. The van der Waals surface area contributed by atoms with Crippen molar-refractivity contribution in [1.29, 1.82) is 0 Å². The van der Waals surface area contributed by atoms with Crippen molar-refractivity contribution < 1.29 is 23.8 Å². The van der Waals surface area contributed by atoms with Gasteiger partial charge in [-0.05, 0) is 73.5 Å². The van der Waals surface area contributed by atoms with Gasteiger partial charge in [-0.25, -0.2) is 4.39 Å². The van der Waals surface area contributed by atoms with E-state index in [-0.39, 0.29) is 11.3 Å². The van der Waals surface area contributed by atoms with E-state index >= 15 is 0 Å². The van der Waals surface area contributed by atoms with Gasteiger partial charge in [0.2, 0.25) is 0 Å². The van der Waals surface area contributed by atoms with Gasteiger partial charge in [-0.3, -0.25) is 14.5 Å². The highest BCUT2D eigenvalue weighted by Gasteiger charge is 2.47. The molecular weight excluding hydrogens is 445 g/mol. The van der Waals surface area contributed by atoms with Crippen molar-refractivity contribution in [3.63, 3.8) is 0 Å². The van der Waals surface area contributed by atoms with E-state index in [1.165, 1.54) is 29.2 Å². The minimum atomic E-state index is -0.962. The molecule has 1 unspecified atom stereocenters. The van der Waals surface area contributed by atoms with Crippen LogP contribution in [-0.4, -0.2) is 23.4 Å². The van der Waals surface area contributed by atoms with E-state index in [2.05, 4.69) is 0 Å². The molecule has 1 N–H and O–H groups in total. The number of halogens is 2. The lowest BCUT2D eigenvalue weighted by molar-refractivity contribution is -0.132. The maximum Gasteiger partial charge on any atom is 0.300 e. The molecule has 1 heterocycles. The summed E-state index contributed by atoms with van der Waals surface area (Å²) in [5.41, 5.74) is 1.91. The number of nitrogens with zero attached hydrogens (tertiary/aromatic N) is 1. The number of aliphatic hydroxyl groups excluding tert-OH is 1. The van der Waals surface area contributed by atoms with Crippen LogP contribution in [0.4, 0.5) is 10.1 Å². The second kappa shape index (κ2) is 9.08. The lowest BCUT2D eigenvalue weighted by Gasteiger charge is -2.25. The molecular formula is C26H21ClFNO4. The van der Waals surface area contributed by atoms with Crippen molar-refractivity contribution in [1.82, 2.24) is 0 Å². The summed E-state index contributed by atoms with van der Waals surface area (Å²) < 4.78 is 19.2. The van der Waals surface area contributed by atoms with Gasteiger partial charge < -0.3 is 9.84 Å². The van der Waals surface area contributed by atoms with Crippen LogP contribution in [0.3, 0.4) is 0 Å². The first-order chi connectivity index (χ1) is 15.8. The molecule has 3 aromatic rings. The number of rotatable bonds is 5. The predicted molar refractivity (Wildman–Crippen MR) is 125 cm³/mol. The Bertz CT molecular complexity index is 1270. The van der Waals surface area contributed by atoms with Gasteiger partial charge in [-0.1, -0.05) is 29.8 Å². The zero-order chi connectivity index (χ0) is 23.7. The smallest absolute Gasteiger partial charge is 0.300 e. The fraction of sp³-hybridized carbons (Fsp3) is 0.154. The Balaban J connectivity index is 1.91. The first-order valence-electron chi connectivity index (χ1n) is 10.4. The van der Waals surface area contributed by atoms with Crippen LogP contribution in [0.2, 0.25) is 5.02 Å². The van der Waals surface area contributed by atoms with Gasteiger partial charge in [0.15, 0.2) is 0 Å². The number of Topliss-reactive ketones (excluding diaryl/α,β-unsaturated/α-hetero) is 1. The summed E-state index contributed by atoms with van der Waals surface area (Å²) in [5.74, 6) is -1.77. The van der Waals surface area contributed by atoms with Crippen LogP contribution in [0.1, 0.15) is 29.7 Å². The average molecular weight is 466 g/mol. The van der Waals surface area contributed by atoms with Crippen molar-refractivity contribution in [3.05, 3.63) is 99.8 Å². The summed E-state index contributed by atoms with van der Waals surface area (Å²) in [5, 5.41) is 11.6. The third-order valence-corrected chi connectivity index (χ3v) is 5.70. The number of amides is 1. The monoisotopic (exact) mass is 465 g/mol. The molecule has 168 valence electrons. The number of hydrogen-bond donors (Lipinski definition) is 1.